The van der Waals surface area contributed by atoms with E-state index in [4.69, 9.17) is 4.74 Å². The first-order chi connectivity index (χ1) is 8.79. The Morgan fingerprint density at radius 1 is 1.06 bits per heavy atom. The fourth-order valence-electron chi connectivity index (χ4n) is 1.80. The topological polar surface area (TPSA) is 21.3 Å². The molecule has 0 heterocycles. The van der Waals surface area contributed by atoms with Crippen LogP contribution < -0.4 is 5.32 Å². The third-order valence-corrected chi connectivity index (χ3v) is 2.66. The molecule has 0 spiro atoms. The number of ether oxygens (including phenoxy) is 1. The van der Waals surface area contributed by atoms with Crippen molar-refractivity contribution in [2.24, 2.45) is 0 Å². The number of para-hydroxylation sites is 1. The van der Waals surface area contributed by atoms with Crippen LogP contribution in [0.2, 0.25) is 0 Å². The van der Waals surface area contributed by atoms with Crippen LogP contribution in [0, 0.1) is 5.82 Å². The zero-order valence-corrected chi connectivity index (χ0v) is 10.3. The Hall–Kier alpha value is -1.87. The van der Waals surface area contributed by atoms with E-state index in [1.165, 1.54) is 6.07 Å². The molecule has 0 aromatic heterocycles. The Morgan fingerprint density at radius 2 is 1.83 bits per heavy atom. The first-order valence-corrected chi connectivity index (χ1v) is 5.85. The summed E-state index contributed by atoms with van der Waals surface area (Å²) in [7, 11) is 1.67. The summed E-state index contributed by atoms with van der Waals surface area (Å²) in [4.78, 5) is 0. The lowest BCUT2D eigenvalue weighted by atomic mass is 10.1. The molecule has 2 aromatic carbocycles. The molecule has 0 amide bonds. The normalized spacial score (nSPS) is 10.3. The van der Waals surface area contributed by atoms with Crippen molar-refractivity contribution in [2.45, 2.75) is 13.2 Å². The number of nitrogens with one attached hydrogen (secondary N) is 1. The number of benzene rings is 2. The molecule has 0 unspecified atom stereocenters. The van der Waals surface area contributed by atoms with Crippen molar-refractivity contribution < 1.29 is 9.13 Å². The number of anilines is 1. The third kappa shape index (κ3) is 3.31. The molecule has 0 fully saturated rings. The van der Waals surface area contributed by atoms with E-state index in [1.807, 2.05) is 24.3 Å². The van der Waals surface area contributed by atoms with Crippen molar-refractivity contribution in [3.8, 4) is 0 Å². The highest BCUT2D eigenvalue weighted by Gasteiger charge is 2.00. The van der Waals surface area contributed by atoms with Crippen molar-refractivity contribution in [3.63, 3.8) is 0 Å². The van der Waals surface area contributed by atoms with Gasteiger partial charge in [0, 0.05) is 13.7 Å². The number of rotatable bonds is 5. The second-order valence-corrected chi connectivity index (χ2v) is 4.09. The van der Waals surface area contributed by atoms with Crippen LogP contribution in [0.1, 0.15) is 11.1 Å². The average molecular weight is 245 g/mol. The van der Waals surface area contributed by atoms with Gasteiger partial charge in [0.05, 0.1) is 12.3 Å². The molecule has 0 atom stereocenters. The highest BCUT2D eigenvalue weighted by molar-refractivity contribution is 5.45. The summed E-state index contributed by atoms with van der Waals surface area (Å²) in [5.74, 6) is -0.231. The van der Waals surface area contributed by atoms with E-state index in [2.05, 4.69) is 11.4 Å². The third-order valence-electron chi connectivity index (χ3n) is 2.66. The lowest BCUT2D eigenvalue weighted by molar-refractivity contribution is 0.185. The molecule has 0 saturated carbocycles. The fourth-order valence-corrected chi connectivity index (χ4v) is 1.80. The number of hydrogen-bond donors (Lipinski definition) is 1. The van der Waals surface area contributed by atoms with Crippen LogP contribution in [0.15, 0.2) is 48.5 Å². The van der Waals surface area contributed by atoms with E-state index in [0.29, 0.717) is 18.8 Å². The largest absolute Gasteiger partial charge is 0.380 e. The summed E-state index contributed by atoms with van der Waals surface area (Å²) in [6, 6.07) is 14.7. The van der Waals surface area contributed by atoms with Gasteiger partial charge in [-0.1, -0.05) is 36.4 Å². The van der Waals surface area contributed by atoms with Crippen LogP contribution in [-0.4, -0.2) is 7.11 Å². The molecule has 3 heteroatoms. The smallest absolute Gasteiger partial charge is 0.146 e. The monoisotopic (exact) mass is 245 g/mol. The van der Waals surface area contributed by atoms with Crippen LogP contribution >= 0.6 is 0 Å². The van der Waals surface area contributed by atoms with Crippen molar-refractivity contribution in [1.29, 1.82) is 0 Å². The van der Waals surface area contributed by atoms with E-state index >= 15 is 0 Å². The Labute approximate surface area is 106 Å². The predicted octanol–water partition coefficient (Wildman–Crippen LogP) is 3.58. The number of methoxy groups -OCH3 is 1. The molecule has 2 rings (SSSR count). The van der Waals surface area contributed by atoms with Crippen LogP contribution in [0.3, 0.4) is 0 Å². The van der Waals surface area contributed by atoms with Gasteiger partial charge in [-0.05, 0) is 23.3 Å². The van der Waals surface area contributed by atoms with Crippen molar-refractivity contribution in [2.75, 3.05) is 12.4 Å². The van der Waals surface area contributed by atoms with E-state index in [9.17, 15) is 4.39 Å². The van der Waals surface area contributed by atoms with Crippen LogP contribution in [-0.2, 0) is 17.9 Å². The molecule has 2 nitrogen and oxygen atoms in total. The minimum absolute atomic E-state index is 0.231. The molecule has 0 aliphatic heterocycles. The average Bonchev–Trinajstić information content (AvgIpc) is 2.39. The Morgan fingerprint density at radius 3 is 2.61 bits per heavy atom. The van der Waals surface area contributed by atoms with Gasteiger partial charge in [-0.25, -0.2) is 4.39 Å². The molecular weight excluding hydrogens is 229 g/mol. The van der Waals surface area contributed by atoms with Crippen LogP contribution in [0.25, 0.3) is 0 Å². The molecule has 94 valence electrons. The van der Waals surface area contributed by atoms with E-state index in [0.717, 1.165) is 11.1 Å². The van der Waals surface area contributed by atoms with E-state index in [1.54, 1.807) is 19.2 Å². The number of halogens is 1. The first kappa shape index (κ1) is 12.6. The second-order valence-electron chi connectivity index (χ2n) is 4.09. The molecule has 1 N–H and O–H groups in total. The molecule has 0 bridgehead atoms. The standard InChI is InChI=1S/C15H16FNO/c1-18-11-13-6-4-5-12(9-13)10-17-15-8-3-2-7-14(15)16/h2-9,17H,10-11H2,1H3. The van der Waals surface area contributed by atoms with Crippen molar-refractivity contribution in [3.05, 3.63) is 65.5 Å². The van der Waals surface area contributed by atoms with Gasteiger partial charge in [0.1, 0.15) is 5.82 Å². The van der Waals surface area contributed by atoms with Crippen molar-refractivity contribution in [1.82, 2.24) is 0 Å². The maximum absolute atomic E-state index is 13.4. The Balaban J connectivity index is 2.02. The zero-order valence-electron chi connectivity index (χ0n) is 10.3. The van der Waals surface area contributed by atoms with Gasteiger partial charge >= 0.3 is 0 Å². The van der Waals surface area contributed by atoms with E-state index < -0.39 is 0 Å². The minimum atomic E-state index is -0.231. The maximum Gasteiger partial charge on any atom is 0.146 e. The van der Waals surface area contributed by atoms with Crippen molar-refractivity contribution >= 4 is 5.69 Å². The maximum atomic E-state index is 13.4. The highest BCUT2D eigenvalue weighted by atomic mass is 19.1. The second kappa shape index (κ2) is 6.17. The van der Waals surface area contributed by atoms with Gasteiger partial charge in [-0.3, -0.25) is 0 Å². The first-order valence-electron chi connectivity index (χ1n) is 5.85. The SMILES string of the molecule is COCc1cccc(CNc2ccccc2F)c1. The van der Waals surface area contributed by atoms with Gasteiger partial charge < -0.3 is 10.1 Å². The predicted molar refractivity (Wildman–Crippen MR) is 70.9 cm³/mol. The quantitative estimate of drug-likeness (QED) is 0.869. The van der Waals surface area contributed by atoms with Gasteiger partial charge in [0.2, 0.25) is 0 Å². The van der Waals surface area contributed by atoms with E-state index in [-0.39, 0.29) is 5.82 Å². The summed E-state index contributed by atoms with van der Waals surface area (Å²) in [6.07, 6.45) is 0. The molecular formula is C15H16FNO. The van der Waals surface area contributed by atoms with Gasteiger partial charge in [0.25, 0.3) is 0 Å². The summed E-state index contributed by atoms with van der Waals surface area (Å²) in [5, 5.41) is 3.08. The van der Waals surface area contributed by atoms with Crippen LogP contribution in [0.5, 0.6) is 0 Å². The highest BCUT2D eigenvalue weighted by Crippen LogP contribution is 2.14. The summed E-state index contributed by atoms with van der Waals surface area (Å²) < 4.78 is 18.5. The Kier molecular flexibility index (Phi) is 4.31. The minimum Gasteiger partial charge on any atom is -0.380 e. The summed E-state index contributed by atoms with van der Waals surface area (Å²) in [6.45, 7) is 1.19. The fraction of sp³-hybridized carbons (Fsp3) is 0.200. The zero-order chi connectivity index (χ0) is 12.8. The molecule has 0 saturated heterocycles. The van der Waals surface area contributed by atoms with Gasteiger partial charge in [-0.15, -0.1) is 0 Å². The molecule has 0 radical (unpaired) electrons. The number of hydrogen-bond acceptors (Lipinski definition) is 2. The van der Waals surface area contributed by atoms with Gasteiger partial charge in [-0.2, -0.15) is 0 Å². The molecule has 2 aromatic rings. The Bertz CT molecular complexity index is 513. The lowest BCUT2D eigenvalue weighted by Crippen LogP contribution is -2.01. The van der Waals surface area contributed by atoms with Crippen LogP contribution in [0.4, 0.5) is 10.1 Å². The molecule has 0 aliphatic rings. The summed E-state index contributed by atoms with van der Waals surface area (Å²) in [5.41, 5.74) is 2.74. The summed E-state index contributed by atoms with van der Waals surface area (Å²) >= 11 is 0. The molecule has 0 aliphatic carbocycles. The lowest BCUT2D eigenvalue weighted by Gasteiger charge is -2.08. The molecule has 18 heavy (non-hydrogen) atoms. The van der Waals surface area contributed by atoms with Gasteiger partial charge in [0.15, 0.2) is 0 Å².